The third kappa shape index (κ3) is 6.60. The summed E-state index contributed by atoms with van der Waals surface area (Å²) in [5, 5.41) is 18.5. The number of nitrogens with zero attached hydrogens (tertiary/aromatic N) is 2. The molecule has 0 spiro atoms. The minimum absolute atomic E-state index is 0.0820. The first-order valence-electron chi connectivity index (χ1n) is 12.2. The molecular formula is C30H22N4O4S2. The van der Waals surface area contributed by atoms with Crippen molar-refractivity contribution in [1.29, 1.82) is 0 Å². The van der Waals surface area contributed by atoms with E-state index in [4.69, 9.17) is 0 Å². The van der Waals surface area contributed by atoms with E-state index in [9.17, 15) is 19.7 Å². The standard InChI is InChI=1S/C30H22N4O4S2/c35-28(22-11-15-24(16-12-22)34(37)38)31-23-13-17-25(18-14-23)40-27(21-9-5-2-6-10-21)29(36)33-30-32-26(19-39-30)20-7-3-1-4-8-20/h1-19,27H,(H,31,35)(H,32,33,36). The molecule has 5 rings (SSSR count). The van der Waals surface area contributed by atoms with E-state index in [2.05, 4.69) is 15.6 Å². The second-order valence-corrected chi connectivity index (χ2v) is 10.6. The van der Waals surface area contributed by atoms with Gasteiger partial charge in [-0.05, 0) is 42.0 Å². The van der Waals surface area contributed by atoms with Gasteiger partial charge in [-0.1, -0.05) is 60.7 Å². The largest absolute Gasteiger partial charge is 0.322 e. The summed E-state index contributed by atoms with van der Waals surface area (Å²) in [6.45, 7) is 0. The Morgan fingerprint density at radius 1 is 0.825 bits per heavy atom. The number of carbonyl (C=O) groups is 2. The van der Waals surface area contributed by atoms with Crippen LogP contribution < -0.4 is 10.6 Å². The van der Waals surface area contributed by atoms with Gasteiger partial charge in [0.05, 0.1) is 10.6 Å². The first-order valence-corrected chi connectivity index (χ1v) is 13.9. The molecule has 198 valence electrons. The maximum Gasteiger partial charge on any atom is 0.269 e. The van der Waals surface area contributed by atoms with Crippen LogP contribution in [-0.2, 0) is 4.79 Å². The van der Waals surface area contributed by atoms with Crippen LogP contribution in [0.3, 0.4) is 0 Å². The van der Waals surface area contributed by atoms with E-state index in [1.54, 1.807) is 12.1 Å². The summed E-state index contributed by atoms with van der Waals surface area (Å²) < 4.78 is 0. The maximum atomic E-state index is 13.4. The molecule has 8 nitrogen and oxygen atoms in total. The molecule has 1 unspecified atom stereocenters. The average Bonchev–Trinajstić information content (AvgIpc) is 3.46. The van der Waals surface area contributed by atoms with Crippen LogP contribution in [0, 0.1) is 10.1 Å². The van der Waals surface area contributed by atoms with E-state index in [1.807, 2.05) is 78.2 Å². The number of nitrogens with one attached hydrogen (secondary N) is 2. The van der Waals surface area contributed by atoms with Crippen molar-refractivity contribution in [3.63, 3.8) is 0 Å². The lowest BCUT2D eigenvalue weighted by Crippen LogP contribution is -2.19. The van der Waals surface area contributed by atoms with Gasteiger partial charge in [-0.25, -0.2) is 4.98 Å². The SMILES string of the molecule is O=C(Nc1ccc(SC(C(=O)Nc2nc(-c3ccccc3)cs2)c2ccccc2)cc1)c1ccc([N+](=O)[O-])cc1. The van der Waals surface area contributed by atoms with Crippen molar-refractivity contribution in [3.05, 3.63) is 136 Å². The summed E-state index contributed by atoms with van der Waals surface area (Å²) in [7, 11) is 0. The first-order chi connectivity index (χ1) is 19.5. The number of thiazole rings is 1. The summed E-state index contributed by atoms with van der Waals surface area (Å²) in [6, 6.07) is 31.8. The molecule has 0 bridgehead atoms. The number of carbonyl (C=O) groups excluding carboxylic acids is 2. The van der Waals surface area contributed by atoms with Gasteiger partial charge in [-0.15, -0.1) is 23.1 Å². The molecule has 10 heteroatoms. The molecule has 0 aliphatic carbocycles. The van der Waals surface area contributed by atoms with Crippen LogP contribution in [0.1, 0.15) is 21.2 Å². The monoisotopic (exact) mass is 566 g/mol. The Morgan fingerprint density at radius 3 is 2.12 bits per heavy atom. The van der Waals surface area contributed by atoms with Gasteiger partial charge in [0.25, 0.3) is 11.6 Å². The zero-order valence-electron chi connectivity index (χ0n) is 20.9. The molecule has 1 heterocycles. The first kappa shape index (κ1) is 26.8. The van der Waals surface area contributed by atoms with E-state index >= 15 is 0 Å². The number of nitro benzene ring substituents is 1. The predicted molar refractivity (Wildman–Crippen MR) is 159 cm³/mol. The van der Waals surface area contributed by atoms with Crippen molar-refractivity contribution in [2.45, 2.75) is 10.1 Å². The Morgan fingerprint density at radius 2 is 1.48 bits per heavy atom. The minimum Gasteiger partial charge on any atom is -0.322 e. The highest BCUT2D eigenvalue weighted by molar-refractivity contribution is 8.00. The summed E-state index contributed by atoms with van der Waals surface area (Å²) in [5.41, 5.74) is 3.42. The second-order valence-electron chi connectivity index (χ2n) is 8.58. The Kier molecular flexibility index (Phi) is 8.29. The summed E-state index contributed by atoms with van der Waals surface area (Å²) in [5.74, 6) is -0.573. The van der Waals surface area contributed by atoms with E-state index < -0.39 is 10.2 Å². The van der Waals surface area contributed by atoms with E-state index in [0.717, 1.165) is 21.7 Å². The van der Waals surface area contributed by atoms with Crippen molar-refractivity contribution in [3.8, 4) is 11.3 Å². The number of thioether (sulfide) groups is 1. The number of hydrogen-bond acceptors (Lipinski definition) is 7. The van der Waals surface area contributed by atoms with Crippen LogP contribution in [0.4, 0.5) is 16.5 Å². The molecule has 2 amide bonds. The summed E-state index contributed by atoms with van der Waals surface area (Å²) in [4.78, 5) is 41.7. The number of nitro groups is 1. The minimum atomic E-state index is -0.536. The molecule has 4 aromatic carbocycles. The lowest BCUT2D eigenvalue weighted by molar-refractivity contribution is -0.384. The number of amides is 2. The van der Waals surface area contributed by atoms with E-state index in [1.165, 1.54) is 47.4 Å². The second kappa shape index (κ2) is 12.4. The van der Waals surface area contributed by atoms with Crippen molar-refractivity contribution in [1.82, 2.24) is 4.98 Å². The fraction of sp³-hybridized carbons (Fsp3) is 0.0333. The summed E-state index contributed by atoms with van der Waals surface area (Å²) in [6.07, 6.45) is 0. The van der Waals surface area contributed by atoms with Crippen molar-refractivity contribution < 1.29 is 14.5 Å². The van der Waals surface area contributed by atoms with Crippen molar-refractivity contribution >= 4 is 51.4 Å². The molecule has 0 saturated heterocycles. The van der Waals surface area contributed by atoms with Gasteiger partial charge in [0.2, 0.25) is 5.91 Å². The zero-order valence-corrected chi connectivity index (χ0v) is 22.5. The highest BCUT2D eigenvalue weighted by atomic mass is 32.2. The lowest BCUT2D eigenvalue weighted by atomic mass is 10.1. The molecule has 1 aromatic heterocycles. The smallest absolute Gasteiger partial charge is 0.269 e. The van der Waals surface area contributed by atoms with Gasteiger partial charge in [-0.3, -0.25) is 19.7 Å². The number of benzene rings is 4. The van der Waals surface area contributed by atoms with Crippen molar-refractivity contribution in [2.24, 2.45) is 0 Å². The molecular weight excluding hydrogens is 544 g/mol. The van der Waals surface area contributed by atoms with Gasteiger partial charge in [0, 0.05) is 39.2 Å². The maximum absolute atomic E-state index is 13.4. The fourth-order valence-corrected chi connectivity index (χ4v) is 5.58. The van der Waals surface area contributed by atoms with Gasteiger partial charge < -0.3 is 10.6 Å². The van der Waals surface area contributed by atoms with Crippen LogP contribution in [0.2, 0.25) is 0 Å². The van der Waals surface area contributed by atoms with Crippen LogP contribution in [0.5, 0.6) is 0 Å². The predicted octanol–water partition coefficient (Wildman–Crippen LogP) is 7.44. The Balaban J connectivity index is 1.27. The highest BCUT2D eigenvalue weighted by Crippen LogP contribution is 2.37. The number of hydrogen-bond donors (Lipinski definition) is 2. The van der Waals surface area contributed by atoms with Gasteiger partial charge in [-0.2, -0.15) is 0 Å². The zero-order chi connectivity index (χ0) is 27.9. The average molecular weight is 567 g/mol. The Labute approximate surface area is 238 Å². The molecule has 5 aromatic rings. The van der Waals surface area contributed by atoms with Crippen LogP contribution in [-0.4, -0.2) is 21.7 Å². The summed E-state index contributed by atoms with van der Waals surface area (Å²) >= 11 is 2.76. The van der Waals surface area contributed by atoms with Crippen LogP contribution in [0.15, 0.2) is 119 Å². The number of non-ortho nitro benzene ring substituents is 1. The van der Waals surface area contributed by atoms with Gasteiger partial charge in [0.1, 0.15) is 5.25 Å². The lowest BCUT2D eigenvalue weighted by Gasteiger charge is -2.16. The topological polar surface area (TPSA) is 114 Å². The number of aromatic nitrogens is 1. The number of anilines is 2. The molecule has 0 fully saturated rings. The third-order valence-corrected chi connectivity index (χ3v) is 7.87. The molecule has 0 radical (unpaired) electrons. The molecule has 40 heavy (non-hydrogen) atoms. The molecule has 1 atom stereocenters. The van der Waals surface area contributed by atoms with Crippen LogP contribution in [0.25, 0.3) is 11.3 Å². The van der Waals surface area contributed by atoms with Crippen LogP contribution >= 0.6 is 23.1 Å². The Hall–Kier alpha value is -4.80. The molecule has 0 aliphatic heterocycles. The molecule has 2 N–H and O–H groups in total. The third-order valence-electron chi connectivity index (χ3n) is 5.85. The Bertz CT molecular complexity index is 1620. The van der Waals surface area contributed by atoms with Gasteiger partial charge >= 0.3 is 0 Å². The van der Waals surface area contributed by atoms with E-state index in [-0.39, 0.29) is 17.5 Å². The number of rotatable bonds is 9. The molecule has 0 saturated carbocycles. The fourth-order valence-electron chi connectivity index (χ4n) is 3.84. The quantitative estimate of drug-likeness (QED) is 0.109. The highest BCUT2D eigenvalue weighted by Gasteiger charge is 2.23. The van der Waals surface area contributed by atoms with Gasteiger partial charge in [0.15, 0.2) is 5.13 Å². The van der Waals surface area contributed by atoms with E-state index in [0.29, 0.717) is 16.4 Å². The molecule has 0 aliphatic rings. The van der Waals surface area contributed by atoms with Crippen molar-refractivity contribution in [2.75, 3.05) is 10.6 Å². The normalized spacial score (nSPS) is 11.4.